The van der Waals surface area contributed by atoms with Crippen molar-refractivity contribution in [3.8, 4) is 16.9 Å². The molecule has 0 bridgehead atoms. The molecule has 2 N–H and O–H groups in total. The minimum absolute atomic E-state index is 0.243. The first kappa shape index (κ1) is 15.5. The summed E-state index contributed by atoms with van der Waals surface area (Å²) in [5.74, 6) is 0.984. The summed E-state index contributed by atoms with van der Waals surface area (Å²) in [6.45, 7) is 0. The molecule has 6 nitrogen and oxygen atoms in total. The lowest BCUT2D eigenvalue weighted by atomic mass is 10.1. The Bertz CT molecular complexity index is 1040. The van der Waals surface area contributed by atoms with E-state index in [1.807, 2.05) is 30.3 Å². The van der Waals surface area contributed by atoms with Gasteiger partial charge in [0.25, 0.3) is 5.91 Å². The first-order valence-corrected chi connectivity index (χ1v) is 8.26. The van der Waals surface area contributed by atoms with Crippen LogP contribution in [-0.4, -0.2) is 23.2 Å². The molecular formula is C18H13N3O3S. The van der Waals surface area contributed by atoms with Gasteiger partial charge >= 0.3 is 0 Å². The fraction of sp³-hybridized carbons (Fsp3) is 0.0556. The molecule has 3 heterocycles. The van der Waals surface area contributed by atoms with Gasteiger partial charge in [-0.05, 0) is 35.5 Å². The highest BCUT2D eigenvalue weighted by molar-refractivity contribution is 8.18. The van der Waals surface area contributed by atoms with Gasteiger partial charge in [0.2, 0.25) is 0 Å². The van der Waals surface area contributed by atoms with Crippen LogP contribution in [0.2, 0.25) is 0 Å². The van der Waals surface area contributed by atoms with E-state index in [4.69, 9.17) is 14.9 Å². The van der Waals surface area contributed by atoms with Crippen molar-refractivity contribution in [1.82, 2.24) is 4.98 Å². The normalized spacial score (nSPS) is 15.8. The van der Waals surface area contributed by atoms with Gasteiger partial charge in [0.1, 0.15) is 17.1 Å². The van der Waals surface area contributed by atoms with Crippen molar-refractivity contribution in [2.45, 2.75) is 0 Å². The highest BCUT2D eigenvalue weighted by Crippen LogP contribution is 2.33. The number of fused-ring (bicyclic) bond motifs is 1. The number of thioether (sulfide) groups is 1. The molecule has 1 aliphatic heterocycles. The van der Waals surface area contributed by atoms with Crippen LogP contribution in [0.3, 0.4) is 0 Å². The lowest BCUT2D eigenvalue weighted by molar-refractivity contribution is -0.113. The SMILES string of the molecule is COc1ccc(-c2cncc3cc(C=C4SC(N)=NC4=O)oc23)cc1. The van der Waals surface area contributed by atoms with Gasteiger partial charge in [0.15, 0.2) is 5.17 Å². The van der Waals surface area contributed by atoms with Gasteiger partial charge in [0, 0.05) is 29.4 Å². The second-order valence-electron chi connectivity index (χ2n) is 5.35. The van der Waals surface area contributed by atoms with Crippen LogP contribution in [0.5, 0.6) is 5.75 Å². The zero-order chi connectivity index (χ0) is 17.4. The van der Waals surface area contributed by atoms with Crippen molar-refractivity contribution >= 4 is 39.9 Å². The van der Waals surface area contributed by atoms with Crippen molar-refractivity contribution in [1.29, 1.82) is 0 Å². The average molecular weight is 351 g/mol. The molecule has 0 saturated heterocycles. The van der Waals surface area contributed by atoms with Gasteiger partial charge in [-0.1, -0.05) is 12.1 Å². The largest absolute Gasteiger partial charge is 0.497 e. The lowest BCUT2D eigenvalue weighted by Gasteiger charge is -2.04. The van der Waals surface area contributed by atoms with E-state index in [-0.39, 0.29) is 11.1 Å². The van der Waals surface area contributed by atoms with Gasteiger partial charge in [0.05, 0.1) is 12.0 Å². The molecule has 0 spiro atoms. The number of nitrogens with two attached hydrogens (primary N) is 1. The smallest absolute Gasteiger partial charge is 0.286 e. The van der Waals surface area contributed by atoms with E-state index in [1.54, 1.807) is 25.6 Å². The summed E-state index contributed by atoms with van der Waals surface area (Å²) in [5.41, 5.74) is 8.10. The Hall–Kier alpha value is -3.06. The van der Waals surface area contributed by atoms with Crippen LogP contribution >= 0.6 is 11.8 Å². The number of aromatic nitrogens is 1. The van der Waals surface area contributed by atoms with E-state index in [0.717, 1.165) is 34.0 Å². The number of aliphatic imine (C=N–C) groups is 1. The van der Waals surface area contributed by atoms with Crippen LogP contribution in [0.4, 0.5) is 0 Å². The predicted octanol–water partition coefficient (Wildman–Crippen LogP) is 3.43. The molecule has 0 fully saturated rings. The van der Waals surface area contributed by atoms with Crippen molar-refractivity contribution in [2.24, 2.45) is 10.7 Å². The van der Waals surface area contributed by atoms with Crippen LogP contribution in [0, 0.1) is 0 Å². The Kier molecular flexibility index (Phi) is 3.77. The van der Waals surface area contributed by atoms with E-state index in [0.29, 0.717) is 16.2 Å². The van der Waals surface area contributed by atoms with Crippen LogP contribution in [-0.2, 0) is 4.79 Å². The Morgan fingerprint density at radius 2 is 2.04 bits per heavy atom. The van der Waals surface area contributed by atoms with Crippen molar-refractivity contribution in [2.75, 3.05) is 7.11 Å². The van der Waals surface area contributed by atoms with Crippen LogP contribution in [0.15, 0.2) is 57.0 Å². The third kappa shape index (κ3) is 2.89. The average Bonchev–Trinajstić information content (AvgIpc) is 3.17. The van der Waals surface area contributed by atoms with E-state index < -0.39 is 0 Å². The van der Waals surface area contributed by atoms with Gasteiger partial charge < -0.3 is 14.9 Å². The molecule has 0 unspecified atom stereocenters. The molecule has 1 amide bonds. The Labute approximate surface area is 147 Å². The number of amides is 1. The number of ether oxygens (including phenoxy) is 1. The standard InChI is InChI=1S/C18H13N3O3S/c1-23-12-4-2-10(3-5-12)14-9-20-8-11-6-13(24-16(11)14)7-15-17(22)21-18(19)25-15/h2-9H,1H3,(H2,19,21,22). The van der Waals surface area contributed by atoms with E-state index in [1.165, 1.54) is 0 Å². The number of carbonyl (C=O) groups is 1. The molecule has 0 aliphatic carbocycles. The number of methoxy groups -OCH3 is 1. The number of nitrogens with zero attached hydrogens (tertiary/aromatic N) is 2. The summed E-state index contributed by atoms with van der Waals surface area (Å²) in [6.07, 6.45) is 5.12. The third-order valence-corrected chi connectivity index (χ3v) is 4.57. The fourth-order valence-corrected chi connectivity index (χ4v) is 3.25. The Morgan fingerprint density at radius 1 is 1.24 bits per heavy atom. The summed E-state index contributed by atoms with van der Waals surface area (Å²) >= 11 is 1.13. The summed E-state index contributed by atoms with van der Waals surface area (Å²) in [5, 5.41) is 1.09. The molecule has 25 heavy (non-hydrogen) atoms. The summed E-state index contributed by atoms with van der Waals surface area (Å²) in [7, 11) is 1.63. The quantitative estimate of drug-likeness (QED) is 0.727. The molecule has 1 aliphatic rings. The first-order chi connectivity index (χ1) is 12.1. The van der Waals surface area contributed by atoms with Crippen molar-refractivity contribution < 1.29 is 13.9 Å². The van der Waals surface area contributed by atoms with Gasteiger partial charge in [-0.2, -0.15) is 4.99 Å². The second-order valence-corrected chi connectivity index (χ2v) is 6.41. The zero-order valence-corrected chi connectivity index (χ0v) is 14.0. The molecule has 1 aromatic carbocycles. The molecule has 4 rings (SSSR count). The minimum Gasteiger partial charge on any atom is -0.497 e. The number of pyridine rings is 1. The topological polar surface area (TPSA) is 90.7 Å². The van der Waals surface area contributed by atoms with Gasteiger partial charge in [-0.25, -0.2) is 0 Å². The minimum atomic E-state index is -0.351. The highest BCUT2D eigenvalue weighted by Gasteiger charge is 2.20. The van der Waals surface area contributed by atoms with Crippen LogP contribution in [0.25, 0.3) is 28.2 Å². The number of furan rings is 1. The molecule has 2 aromatic heterocycles. The summed E-state index contributed by atoms with van der Waals surface area (Å²) < 4.78 is 11.1. The lowest BCUT2D eigenvalue weighted by Crippen LogP contribution is -2.01. The monoisotopic (exact) mass is 351 g/mol. The van der Waals surface area contributed by atoms with E-state index in [9.17, 15) is 4.79 Å². The molecule has 0 radical (unpaired) electrons. The number of rotatable bonds is 3. The fourth-order valence-electron chi connectivity index (χ4n) is 2.58. The van der Waals surface area contributed by atoms with Crippen LogP contribution < -0.4 is 10.5 Å². The van der Waals surface area contributed by atoms with E-state index in [2.05, 4.69) is 9.98 Å². The number of hydrogen-bond acceptors (Lipinski definition) is 6. The van der Waals surface area contributed by atoms with Crippen molar-refractivity contribution in [3.63, 3.8) is 0 Å². The summed E-state index contributed by atoms with van der Waals surface area (Å²) in [4.78, 5) is 20.1. The number of hydrogen-bond donors (Lipinski definition) is 1. The highest BCUT2D eigenvalue weighted by atomic mass is 32.2. The number of benzene rings is 1. The predicted molar refractivity (Wildman–Crippen MR) is 98.2 cm³/mol. The van der Waals surface area contributed by atoms with E-state index >= 15 is 0 Å². The maximum absolute atomic E-state index is 11.7. The first-order valence-electron chi connectivity index (χ1n) is 7.44. The number of carbonyl (C=O) groups excluding carboxylic acids is 1. The molecular weight excluding hydrogens is 338 g/mol. The molecule has 124 valence electrons. The maximum atomic E-state index is 11.7. The second kappa shape index (κ2) is 6.10. The Balaban J connectivity index is 1.76. The van der Waals surface area contributed by atoms with Gasteiger partial charge in [-0.3, -0.25) is 9.78 Å². The molecule has 7 heteroatoms. The molecule has 0 atom stereocenters. The third-order valence-electron chi connectivity index (χ3n) is 3.75. The number of amidine groups is 1. The molecule has 0 saturated carbocycles. The Morgan fingerprint density at radius 3 is 2.72 bits per heavy atom. The van der Waals surface area contributed by atoms with Crippen molar-refractivity contribution in [3.05, 3.63) is 53.4 Å². The van der Waals surface area contributed by atoms with Crippen LogP contribution in [0.1, 0.15) is 5.76 Å². The summed E-state index contributed by atoms with van der Waals surface area (Å²) in [6, 6.07) is 9.49. The van der Waals surface area contributed by atoms with Gasteiger partial charge in [-0.15, -0.1) is 0 Å². The maximum Gasteiger partial charge on any atom is 0.286 e. The molecule has 3 aromatic rings. The zero-order valence-electron chi connectivity index (χ0n) is 13.2.